The van der Waals surface area contributed by atoms with Crippen LogP contribution in [-0.2, 0) is 6.42 Å². The second-order valence-corrected chi connectivity index (χ2v) is 8.14. The Morgan fingerprint density at radius 3 is 2.70 bits per heavy atom. The van der Waals surface area contributed by atoms with Gasteiger partial charge in [0, 0.05) is 17.4 Å². The van der Waals surface area contributed by atoms with E-state index in [2.05, 4.69) is 34.1 Å². The molecule has 8 heteroatoms. The minimum absolute atomic E-state index is 0.221. The van der Waals surface area contributed by atoms with Gasteiger partial charge in [-0.15, -0.1) is 0 Å². The Hall–Kier alpha value is -2.77. The van der Waals surface area contributed by atoms with Gasteiger partial charge in [-0.2, -0.15) is 0 Å². The highest BCUT2D eigenvalue weighted by molar-refractivity contribution is 7.99. The lowest BCUT2D eigenvalue weighted by Gasteiger charge is -2.09. The Labute approximate surface area is 183 Å². The van der Waals surface area contributed by atoms with Crippen molar-refractivity contribution in [3.63, 3.8) is 0 Å². The van der Waals surface area contributed by atoms with E-state index in [0.717, 1.165) is 29.9 Å². The second kappa shape index (κ2) is 9.36. The van der Waals surface area contributed by atoms with Gasteiger partial charge in [0.05, 0.1) is 11.6 Å². The zero-order valence-corrected chi connectivity index (χ0v) is 18.0. The monoisotopic (exact) mass is 440 g/mol. The van der Waals surface area contributed by atoms with Crippen molar-refractivity contribution < 1.29 is 4.74 Å². The van der Waals surface area contributed by atoms with Crippen molar-refractivity contribution in [2.24, 2.45) is 0 Å². The molecule has 2 heterocycles. The van der Waals surface area contributed by atoms with E-state index >= 15 is 0 Å². The van der Waals surface area contributed by atoms with Gasteiger partial charge < -0.3 is 4.74 Å². The molecule has 0 aliphatic carbocycles. The molecule has 0 aliphatic rings. The summed E-state index contributed by atoms with van der Waals surface area (Å²) in [4.78, 5) is 21.0. The van der Waals surface area contributed by atoms with Crippen LogP contribution in [-0.4, -0.2) is 31.9 Å². The molecule has 2 aromatic heterocycles. The van der Waals surface area contributed by atoms with E-state index in [1.165, 1.54) is 23.4 Å². The maximum Gasteiger partial charge on any atom is 0.266 e. The fourth-order valence-electron chi connectivity index (χ4n) is 2.98. The number of thioether (sulfide) groups is 1. The molecule has 4 rings (SSSR count). The fourth-order valence-corrected chi connectivity index (χ4v) is 4.06. The average molecular weight is 441 g/mol. The highest BCUT2D eigenvalue weighted by atomic mass is 35.5. The van der Waals surface area contributed by atoms with Crippen LogP contribution in [0.5, 0.6) is 5.75 Å². The third kappa shape index (κ3) is 4.68. The number of H-pyrrole nitrogens is 1. The lowest BCUT2D eigenvalue weighted by atomic mass is 10.2. The number of halogens is 1. The second-order valence-electron chi connectivity index (χ2n) is 6.67. The molecule has 0 bridgehead atoms. The summed E-state index contributed by atoms with van der Waals surface area (Å²) >= 11 is 7.85. The first-order valence-corrected chi connectivity index (χ1v) is 11.1. The highest BCUT2D eigenvalue weighted by Gasteiger charge is 2.13. The first-order chi connectivity index (χ1) is 14.6. The van der Waals surface area contributed by atoms with Crippen LogP contribution in [0.1, 0.15) is 18.9 Å². The SMILES string of the molecule is CCc1ccc(OCCCSc2nc(-c3ccccc3Cl)nc3cc(=O)[nH]n23)cc1. The summed E-state index contributed by atoms with van der Waals surface area (Å²) < 4.78 is 7.42. The maximum atomic E-state index is 11.8. The summed E-state index contributed by atoms with van der Waals surface area (Å²) in [6.07, 6.45) is 1.85. The number of nitrogens with one attached hydrogen (secondary N) is 1. The van der Waals surface area contributed by atoms with Crippen molar-refractivity contribution in [3.8, 4) is 17.1 Å². The number of rotatable bonds is 8. The summed E-state index contributed by atoms with van der Waals surface area (Å²) in [6.45, 7) is 2.73. The van der Waals surface area contributed by atoms with Gasteiger partial charge in [0.25, 0.3) is 5.56 Å². The van der Waals surface area contributed by atoms with Crippen molar-refractivity contribution in [2.75, 3.05) is 12.4 Å². The van der Waals surface area contributed by atoms with Crippen molar-refractivity contribution >= 4 is 29.0 Å². The number of benzene rings is 2. The van der Waals surface area contributed by atoms with Gasteiger partial charge in [0.2, 0.25) is 0 Å². The first-order valence-electron chi connectivity index (χ1n) is 9.73. The van der Waals surface area contributed by atoms with Crippen molar-refractivity contribution in [2.45, 2.75) is 24.9 Å². The van der Waals surface area contributed by atoms with Crippen LogP contribution in [0, 0.1) is 0 Å². The molecular weight excluding hydrogens is 420 g/mol. The number of hydrogen-bond donors (Lipinski definition) is 1. The van der Waals surface area contributed by atoms with Gasteiger partial charge in [-0.1, -0.05) is 54.6 Å². The molecule has 0 saturated carbocycles. The molecule has 6 nitrogen and oxygen atoms in total. The Morgan fingerprint density at radius 1 is 1.13 bits per heavy atom. The number of aromatic nitrogens is 4. The molecular formula is C22H21ClN4O2S. The first kappa shape index (κ1) is 20.5. The number of ether oxygens (including phenoxy) is 1. The van der Waals surface area contributed by atoms with Crippen molar-refractivity contribution in [1.82, 2.24) is 19.6 Å². The van der Waals surface area contributed by atoms with Crippen molar-refractivity contribution in [3.05, 3.63) is 75.5 Å². The normalized spacial score (nSPS) is 11.1. The number of nitrogens with zero attached hydrogens (tertiary/aromatic N) is 3. The molecule has 0 fully saturated rings. The molecule has 0 atom stereocenters. The molecule has 0 saturated heterocycles. The molecule has 4 aromatic rings. The van der Waals surface area contributed by atoms with E-state index in [9.17, 15) is 4.79 Å². The van der Waals surface area contributed by atoms with Gasteiger partial charge in [-0.05, 0) is 42.7 Å². The molecule has 0 amide bonds. The average Bonchev–Trinajstić information content (AvgIpc) is 3.14. The largest absolute Gasteiger partial charge is 0.494 e. The van der Waals surface area contributed by atoms with Crippen LogP contribution in [0.25, 0.3) is 17.0 Å². The van der Waals surface area contributed by atoms with E-state index in [1.54, 1.807) is 10.6 Å². The van der Waals surface area contributed by atoms with E-state index in [0.29, 0.717) is 28.3 Å². The minimum Gasteiger partial charge on any atom is -0.494 e. The number of hydrogen-bond acceptors (Lipinski definition) is 5. The lowest BCUT2D eigenvalue weighted by molar-refractivity contribution is 0.318. The standard InChI is InChI=1S/C22H21ClN4O2S/c1-2-15-8-10-16(11-9-15)29-12-5-13-30-22-25-21(17-6-3-4-7-18(17)23)24-19-14-20(28)26-27(19)22/h3-4,6-11,14H,2,5,12-13H2,1H3,(H,26,28). The molecule has 154 valence electrons. The third-order valence-electron chi connectivity index (χ3n) is 4.56. The Kier molecular flexibility index (Phi) is 6.40. The van der Waals surface area contributed by atoms with E-state index < -0.39 is 0 Å². The molecule has 0 spiro atoms. The van der Waals surface area contributed by atoms with Crippen LogP contribution in [0.15, 0.2) is 64.5 Å². The van der Waals surface area contributed by atoms with Gasteiger partial charge in [0.15, 0.2) is 16.6 Å². The van der Waals surface area contributed by atoms with Crippen molar-refractivity contribution in [1.29, 1.82) is 0 Å². The zero-order valence-electron chi connectivity index (χ0n) is 16.5. The quantitative estimate of drug-likeness (QED) is 0.313. The Bertz CT molecular complexity index is 1200. The zero-order chi connectivity index (χ0) is 20.9. The predicted molar refractivity (Wildman–Crippen MR) is 121 cm³/mol. The molecule has 0 unspecified atom stereocenters. The van der Waals surface area contributed by atoms with E-state index in [1.807, 2.05) is 30.3 Å². The fraction of sp³-hybridized carbons (Fsp3) is 0.227. The van der Waals surface area contributed by atoms with Gasteiger partial charge >= 0.3 is 0 Å². The summed E-state index contributed by atoms with van der Waals surface area (Å²) in [5.74, 6) is 2.15. The molecule has 2 aromatic carbocycles. The minimum atomic E-state index is -0.221. The number of aromatic amines is 1. The summed E-state index contributed by atoms with van der Waals surface area (Å²) in [5, 5.41) is 3.97. The van der Waals surface area contributed by atoms with Gasteiger partial charge in [-0.3, -0.25) is 9.89 Å². The predicted octanol–water partition coefficient (Wildman–Crippen LogP) is 4.86. The topological polar surface area (TPSA) is 72.3 Å². The van der Waals surface area contributed by atoms with Crippen LogP contribution < -0.4 is 10.3 Å². The molecule has 30 heavy (non-hydrogen) atoms. The van der Waals surface area contributed by atoms with Gasteiger partial charge in [-0.25, -0.2) is 14.5 Å². The molecule has 0 aliphatic heterocycles. The smallest absolute Gasteiger partial charge is 0.266 e. The Balaban J connectivity index is 1.45. The van der Waals surface area contributed by atoms with E-state index in [-0.39, 0.29) is 5.56 Å². The molecule has 0 radical (unpaired) electrons. The van der Waals surface area contributed by atoms with Crippen LogP contribution in [0.4, 0.5) is 0 Å². The highest BCUT2D eigenvalue weighted by Crippen LogP contribution is 2.27. The van der Waals surface area contributed by atoms with Crippen LogP contribution >= 0.6 is 23.4 Å². The summed E-state index contributed by atoms with van der Waals surface area (Å²) in [5.41, 5.74) is 2.32. The van der Waals surface area contributed by atoms with Gasteiger partial charge in [0.1, 0.15) is 5.75 Å². The summed E-state index contributed by atoms with van der Waals surface area (Å²) in [7, 11) is 0. The van der Waals surface area contributed by atoms with Crippen LogP contribution in [0.3, 0.4) is 0 Å². The lowest BCUT2D eigenvalue weighted by Crippen LogP contribution is -2.05. The third-order valence-corrected chi connectivity index (χ3v) is 5.91. The molecule has 1 N–H and O–H groups in total. The maximum absolute atomic E-state index is 11.8. The summed E-state index contributed by atoms with van der Waals surface area (Å²) in [6, 6.07) is 17.0. The Morgan fingerprint density at radius 2 is 1.93 bits per heavy atom. The van der Waals surface area contributed by atoms with E-state index in [4.69, 9.17) is 16.3 Å². The van der Waals surface area contributed by atoms with Crippen LogP contribution in [0.2, 0.25) is 5.02 Å². The number of aryl methyl sites for hydroxylation is 1. The number of fused-ring (bicyclic) bond motifs is 1.